The molecule has 0 aliphatic rings. The molecule has 0 spiro atoms. The van der Waals surface area contributed by atoms with Crippen LogP contribution in [-0.4, -0.2) is 33.2 Å². The molecule has 0 aromatic carbocycles. The fourth-order valence-corrected chi connectivity index (χ4v) is 1.26. The Morgan fingerprint density at radius 3 is 1.70 bits per heavy atom. The summed E-state index contributed by atoms with van der Waals surface area (Å²) in [6.07, 6.45) is 4.24. The van der Waals surface area contributed by atoms with Crippen molar-refractivity contribution in [3.8, 4) is 0 Å². The van der Waals surface area contributed by atoms with Gasteiger partial charge in [0.25, 0.3) is 0 Å². The number of rotatable bonds is 9. The lowest BCUT2D eigenvalue weighted by Crippen LogP contribution is -2.22. The van der Waals surface area contributed by atoms with E-state index in [9.17, 15) is 14.4 Å². The van der Waals surface area contributed by atoms with E-state index in [4.69, 9.17) is 15.3 Å². The van der Waals surface area contributed by atoms with Gasteiger partial charge in [0, 0.05) is 5.57 Å². The summed E-state index contributed by atoms with van der Waals surface area (Å²) in [7, 11) is 0. The van der Waals surface area contributed by atoms with Gasteiger partial charge in [-0.2, -0.15) is 0 Å². The van der Waals surface area contributed by atoms with E-state index < -0.39 is 23.8 Å². The second-order valence-electron chi connectivity index (χ2n) is 4.38. The smallest absolute Gasteiger partial charge is 0.330 e. The van der Waals surface area contributed by atoms with E-state index in [1.165, 1.54) is 0 Å². The minimum atomic E-state index is -1.24. The van der Waals surface area contributed by atoms with Crippen molar-refractivity contribution in [2.24, 2.45) is 5.92 Å². The third-order valence-corrected chi connectivity index (χ3v) is 2.58. The van der Waals surface area contributed by atoms with Crippen LogP contribution in [0.3, 0.4) is 0 Å². The summed E-state index contributed by atoms with van der Waals surface area (Å²) in [5.74, 6) is -4.59. The molecule has 0 saturated heterocycles. The van der Waals surface area contributed by atoms with E-state index in [-0.39, 0.29) is 6.42 Å². The molecule has 0 amide bonds. The maximum atomic E-state index is 10.3. The van der Waals surface area contributed by atoms with Crippen molar-refractivity contribution in [1.29, 1.82) is 0 Å². The van der Waals surface area contributed by atoms with Gasteiger partial charge in [0.2, 0.25) is 0 Å². The molecule has 20 heavy (non-hydrogen) atoms. The van der Waals surface area contributed by atoms with Gasteiger partial charge in [-0.3, -0.25) is 9.59 Å². The number of carbonyl (C=O) groups is 3. The summed E-state index contributed by atoms with van der Waals surface area (Å²) in [5.41, 5.74) is 0.317. The molecule has 0 rings (SSSR count). The predicted molar refractivity (Wildman–Crippen MR) is 74.6 cm³/mol. The van der Waals surface area contributed by atoms with Gasteiger partial charge >= 0.3 is 17.9 Å². The van der Waals surface area contributed by atoms with Crippen molar-refractivity contribution in [3.63, 3.8) is 0 Å². The van der Waals surface area contributed by atoms with Crippen LogP contribution >= 0.6 is 0 Å². The zero-order valence-corrected chi connectivity index (χ0v) is 12.1. The summed E-state index contributed by atoms with van der Waals surface area (Å²) < 4.78 is 0. The molecule has 3 N–H and O–H groups in total. The minimum Gasteiger partial charge on any atom is -0.481 e. The minimum absolute atomic E-state index is 0.223. The third kappa shape index (κ3) is 11.3. The Bertz CT molecular complexity index is 321. The Morgan fingerprint density at radius 1 is 0.950 bits per heavy atom. The molecule has 0 fully saturated rings. The summed E-state index contributed by atoms with van der Waals surface area (Å²) >= 11 is 0. The van der Waals surface area contributed by atoms with Crippen molar-refractivity contribution in [2.75, 3.05) is 0 Å². The first-order chi connectivity index (χ1) is 9.27. The quantitative estimate of drug-likeness (QED) is 0.444. The Morgan fingerprint density at radius 2 is 1.40 bits per heavy atom. The van der Waals surface area contributed by atoms with E-state index in [0.717, 1.165) is 19.3 Å². The van der Waals surface area contributed by atoms with Crippen LogP contribution in [0.4, 0.5) is 0 Å². The summed E-state index contributed by atoms with van der Waals surface area (Å²) in [4.78, 5) is 30.6. The topological polar surface area (TPSA) is 112 Å². The fourth-order valence-electron chi connectivity index (χ4n) is 1.26. The molecular formula is C14H24O6. The van der Waals surface area contributed by atoms with Crippen molar-refractivity contribution in [1.82, 2.24) is 0 Å². The Balaban J connectivity index is 0. The molecule has 0 unspecified atom stereocenters. The first-order valence-electron chi connectivity index (χ1n) is 6.64. The van der Waals surface area contributed by atoms with E-state index in [0.29, 0.717) is 18.4 Å². The first-order valence-corrected chi connectivity index (χ1v) is 6.64. The number of unbranched alkanes of at least 4 members (excludes halogenated alkanes) is 2. The van der Waals surface area contributed by atoms with Crippen LogP contribution in [0.15, 0.2) is 12.2 Å². The highest BCUT2D eigenvalue weighted by Crippen LogP contribution is 2.08. The van der Waals surface area contributed by atoms with Crippen LogP contribution in [0, 0.1) is 5.92 Å². The van der Waals surface area contributed by atoms with E-state index in [2.05, 4.69) is 6.58 Å². The molecule has 6 heteroatoms. The highest BCUT2D eigenvalue weighted by Gasteiger charge is 2.24. The van der Waals surface area contributed by atoms with Gasteiger partial charge in [-0.05, 0) is 19.3 Å². The zero-order chi connectivity index (χ0) is 16.1. The average molecular weight is 288 g/mol. The van der Waals surface area contributed by atoms with Crippen molar-refractivity contribution in [2.45, 2.75) is 52.4 Å². The van der Waals surface area contributed by atoms with Gasteiger partial charge in [0.1, 0.15) is 0 Å². The summed E-state index contributed by atoms with van der Waals surface area (Å²) in [5, 5.41) is 25.1. The number of aliphatic carboxylic acids is 3. The lowest BCUT2D eigenvalue weighted by Gasteiger charge is -2.04. The maximum absolute atomic E-state index is 10.3. The lowest BCUT2D eigenvalue weighted by atomic mass is 10.0. The molecule has 0 radical (unpaired) electrons. The number of hydrogen-bond donors (Lipinski definition) is 3. The third-order valence-electron chi connectivity index (χ3n) is 2.58. The van der Waals surface area contributed by atoms with E-state index in [1.807, 2.05) is 13.8 Å². The molecule has 0 atom stereocenters. The van der Waals surface area contributed by atoms with E-state index >= 15 is 0 Å². The molecule has 0 saturated carbocycles. The molecule has 0 heterocycles. The molecule has 0 aliphatic heterocycles. The molecule has 0 aliphatic carbocycles. The molecule has 0 aromatic rings. The number of carboxylic acids is 3. The average Bonchev–Trinajstić information content (AvgIpc) is 2.36. The lowest BCUT2D eigenvalue weighted by molar-refractivity contribution is -0.154. The number of hydrogen-bond acceptors (Lipinski definition) is 3. The standard InChI is InChI=1S/C7H12O4.C7H12O2/c1-2-3-4-5(6(8)9)7(10)11;1-3-4-5-6(2)7(8)9/h5H,2-4H2,1H3,(H,8,9)(H,10,11);2-5H2,1H3,(H,8,9). The second-order valence-corrected chi connectivity index (χ2v) is 4.38. The van der Waals surface area contributed by atoms with Crippen LogP contribution in [0.1, 0.15) is 52.4 Å². The van der Waals surface area contributed by atoms with Crippen molar-refractivity contribution >= 4 is 17.9 Å². The van der Waals surface area contributed by atoms with Crippen molar-refractivity contribution < 1.29 is 29.7 Å². The van der Waals surface area contributed by atoms with Gasteiger partial charge in [-0.25, -0.2) is 4.79 Å². The van der Waals surface area contributed by atoms with Crippen LogP contribution in [0.25, 0.3) is 0 Å². The summed E-state index contributed by atoms with van der Waals surface area (Å²) in [6.45, 7) is 7.30. The van der Waals surface area contributed by atoms with Gasteiger partial charge in [-0.1, -0.05) is 39.7 Å². The highest BCUT2D eigenvalue weighted by atomic mass is 16.4. The zero-order valence-electron chi connectivity index (χ0n) is 12.1. The SMILES string of the molecule is C=C(CCCC)C(=O)O.CCCCC(C(=O)O)C(=O)O. The monoisotopic (exact) mass is 288 g/mol. The number of carboxylic acid groups (broad SMARTS) is 3. The molecule has 116 valence electrons. The highest BCUT2D eigenvalue weighted by molar-refractivity contribution is 5.92. The van der Waals surface area contributed by atoms with Crippen LogP contribution in [0.2, 0.25) is 0 Å². The molecule has 0 aromatic heterocycles. The van der Waals surface area contributed by atoms with Gasteiger partial charge in [0.05, 0.1) is 0 Å². The van der Waals surface area contributed by atoms with Crippen LogP contribution in [0.5, 0.6) is 0 Å². The van der Waals surface area contributed by atoms with Crippen LogP contribution in [-0.2, 0) is 14.4 Å². The Labute approximate surface area is 119 Å². The van der Waals surface area contributed by atoms with Gasteiger partial charge in [0.15, 0.2) is 5.92 Å². The van der Waals surface area contributed by atoms with Crippen LogP contribution < -0.4 is 0 Å². The molecule has 6 nitrogen and oxygen atoms in total. The Hall–Kier alpha value is -1.85. The second kappa shape index (κ2) is 12.2. The largest absolute Gasteiger partial charge is 0.481 e. The van der Waals surface area contributed by atoms with Gasteiger partial charge in [-0.15, -0.1) is 0 Å². The van der Waals surface area contributed by atoms with Crippen molar-refractivity contribution in [3.05, 3.63) is 12.2 Å². The Kier molecular flexibility index (Phi) is 12.5. The van der Waals surface area contributed by atoms with Gasteiger partial charge < -0.3 is 15.3 Å². The fraction of sp³-hybridized carbons (Fsp3) is 0.643. The predicted octanol–water partition coefficient (Wildman–Crippen LogP) is 2.78. The molecule has 0 bridgehead atoms. The molecular weight excluding hydrogens is 264 g/mol. The first kappa shape index (κ1) is 20.5. The van der Waals surface area contributed by atoms with E-state index in [1.54, 1.807) is 0 Å². The maximum Gasteiger partial charge on any atom is 0.330 e. The normalized spacial score (nSPS) is 9.55. The summed E-state index contributed by atoms with van der Waals surface area (Å²) in [6, 6.07) is 0.